The van der Waals surface area contributed by atoms with Gasteiger partial charge in [0.25, 0.3) is 0 Å². The lowest BCUT2D eigenvalue weighted by atomic mass is 9.93. The van der Waals surface area contributed by atoms with E-state index >= 15 is 0 Å². The average Bonchev–Trinajstić information content (AvgIpc) is 3.07. The van der Waals surface area contributed by atoms with Crippen molar-refractivity contribution in [1.82, 2.24) is 10.6 Å². The van der Waals surface area contributed by atoms with E-state index in [2.05, 4.69) is 17.6 Å². The summed E-state index contributed by atoms with van der Waals surface area (Å²) in [7, 11) is 0. The topological polar surface area (TPSA) is 37.2 Å². The van der Waals surface area contributed by atoms with Gasteiger partial charge >= 0.3 is 0 Å². The van der Waals surface area contributed by atoms with E-state index in [1.165, 1.54) is 44.2 Å². The van der Waals surface area contributed by atoms with Crippen LogP contribution in [0.4, 0.5) is 0 Å². The van der Waals surface area contributed by atoms with E-state index in [0.717, 1.165) is 24.3 Å². The Morgan fingerprint density at radius 1 is 1.33 bits per heavy atom. The maximum absolute atomic E-state index is 5.51. The highest BCUT2D eigenvalue weighted by Crippen LogP contribution is 2.32. The van der Waals surface area contributed by atoms with Gasteiger partial charge in [0.1, 0.15) is 5.76 Å². The van der Waals surface area contributed by atoms with Crippen LogP contribution in [0.25, 0.3) is 0 Å². The van der Waals surface area contributed by atoms with Crippen LogP contribution in [0.5, 0.6) is 0 Å². The molecule has 1 aliphatic heterocycles. The van der Waals surface area contributed by atoms with Gasteiger partial charge in [0.15, 0.2) is 0 Å². The zero-order valence-corrected chi connectivity index (χ0v) is 11.2. The molecule has 2 fully saturated rings. The molecule has 3 heteroatoms. The third-order valence-electron chi connectivity index (χ3n) is 4.68. The maximum Gasteiger partial charge on any atom is 0.120 e. The highest BCUT2D eigenvalue weighted by atomic mass is 16.3. The second-order valence-electron chi connectivity index (χ2n) is 5.81. The highest BCUT2D eigenvalue weighted by Gasteiger charge is 2.34. The molecule has 100 valence electrons. The zero-order valence-electron chi connectivity index (χ0n) is 11.2. The first-order valence-electron chi connectivity index (χ1n) is 7.34. The third kappa shape index (κ3) is 2.47. The minimum absolute atomic E-state index is 0.671. The van der Waals surface area contributed by atoms with Gasteiger partial charge in [-0.2, -0.15) is 0 Å². The third-order valence-corrected chi connectivity index (χ3v) is 4.68. The first kappa shape index (κ1) is 12.2. The van der Waals surface area contributed by atoms with Crippen molar-refractivity contribution in [3.05, 3.63) is 23.7 Å². The van der Waals surface area contributed by atoms with E-state index in [1.807, 2.05) is 6.07 Å². The highest BCUT2D eigenvalue weighted by molar-refractivity contribution is 5.14. The predicted molar refractivity (Wildman–Crippen MR) is 72.4 cm³/mol. The number of rotatable bonds is 4. The fourth-order valence-corrected chi connectivity index (χ4v) is 3.61. The second kappa shape index (κ2) is 5.45. The Balaban J connectivity index is 1.56. The molecule has 1 aromatic rings. The van der Waals surface area contributed by atoms with E-state index in [4.69, 9.17) is 4.42 Å². The van der Waals surface area contributed by atoms with Crippen molar-refractivity contribution in [1.29, 1.82) is 0 Å². The van der Waals surface area contributed by atoms with Gasteiger partial charge in [-0.25, -0.2) is 0 Å². The van der Waals surface area contributed by atoms with E-state index in [9.17, 15) is 0 Å². The van der Waals surface area contributed by atoms with Crippen LogP contribution in [0.1, 0.15) is 43.4 Å². The van der Waals surface area contributed by atoms with Crippen molar-refractivity contribution in [2.45, 2.75) is 57.7 Å². The summed E-state index contributed by atoms with van der Waals surface area (Å²) in [6.45, 7) is 4.21. The summed E-state index contributed by atoms with van der Waals surface area (Å²) in [6.07, 6.45) is 8.58. The van der Waals surface area contributed by atoms with Gasteiger partial charge in [0.05, 0.1) is 12.8 Å². The quantitative estimate of drug-likeness (QED) is 0.860. The van der Waals surface area contributed by atoms with Gasteiger partial charge in [-0.1, -0.05) is 6.42 Å². The number of hydrogen-bond acceptors (Lipinski definition) is 3. The SMILES string of the molecule is Cc1ccoc1CNC1CCCC1C1CCCN1. The molecule has 18 heavy (non-hydrogen) atoms. The van der Waals surface area contributed by atoms with Gasteiger partial charge in [0.2, 0.25) is 0 Å². The average molecular weight is 248 g/mol. The summed E-state index contributed by atoms with van der Waals surface area (Å²) < 4.78 is 5.51. The Labute approximate surface area is 109 Å². The molecule has 0 spiro atoms. The molecular formula is C15H24N2O. The minimum Gasteiger partial charge on any atom is -0.468 e. The molecule has 1 saturated heterocycles. The molecule has 2 N–H and O–H groups in total. The summed E-state index contributed by atoms with van der Waals surface area (Å²) in [5, 5.41) is 7.39. The van der Waals surface area contributed by atoms with Gasteiger partial charge < -0.3 is 15.1 Å². The molecule has 0 radical (unpaired) electrons. The molecule has 3 nitrogen and oxygen atoms in total. The molecule has 1 aromatic heterocycles. The summed E-state index contributed by atoms with van der Waals surface area (Å²) >= 11 is 0. The van der Waals surface area contributed by atoms with Crippen LogP contribution >= 0.6 is 0 Å². The Kier molecular flexibility index (Phi) is 3.71. The Morgan fingerprint density at radius 2 is 2.28 bits per heavy atom. The van der Waals surface area contributed by atoms with E-state index in [1.54, 1.807) is 6.26 Å². The molecule has 1 aliphatic carbocycles. The van der Waals surface area contributed by atoms with Gasteiger partial charge in [-0.15, -0.1) is 0 Å². The lowest BCUT2D eigenvalue weighted by molar-refractivity contribution is 0.312. The molecule has 3 rings (SSSR count). The lowest BCUT2D eigenvalue weighted by Gasteiger charge is -2.26. The van der Waals surface area contributed by atoms with Crippen molar-refractivity contribution >= 4 is 0 Å². The molecule has 0 bridgehead atoms. The Hall–Kier alpha value is -0.800. The monoisotopic (exact) mass is 248 g/mol. The molecule has 0 aromatic carbocycles. The predicted octanol–water partition coefficient (Wildman–Crippen LogP) is 2.60. The van der Waals surface area contributed by atoms with Crippen LogP contribution < -0.4 is 10.6 Å². The molecular weight excluding hydrogens is 224 g/mol. The van der Waals surface area contributed by atoms with Gasteiger partial charge in [-0.05, 0) is 56.7 Å². The van der Waals surface area contributed by atoms with Crippen molar-refractivity contribution in [3.8, 4) is 0 Å². The molecule has 0 amide bonds. The number of nitrogens with one attached hydrogen (secondary N) is 2. The summed E-state index contributed by atoms with van der Waals surface area (Å²) in [4.78, 5) is 0. The summed E-state index contributed by atoms with van der Waals surface area (Å²) in [5.74, 6) is 1.92. The molecule has 3 unspecified atom stereocenters. The smallest absolute Gasteiger partial charge is 0.120 e. The van der Waals surface area contributed by atoms with E-state index < -0.39 is 0 Å². The Morgan fingerprint density at radius 3 is 3.00 bits per heavy atom. The van der Waals surface area contributed by atoms with E-state index in [0.29, 0.717) is 6.04 Å². The van der Waals surface area contributed by atoms with Crippen LogP contribution in [0, 0.1) is 12.8 Å². The fourth-order valence-electron chi connectivity index (χ4n) is 3.61. The van der Waals surface area contributed by atoms with Crippen LogP contribution in [0.2, 0.25) is 0 Å². The fraction of sp³-hybridized carbons (Fsp3) is 0.733. The van der Waals surface area contributed by atoms with Crippen LogP contribution in [-0.4, -0.2) is 18.6 Å². The largest absolute Gasteiger partial charge is 0.468 e. The number of hydrogen-bond donors (Lipinski definition) is 2. The van der Waals surface area contributed by atoms with E-state index in [-0.39, 0.29) is 0 Å². The number of aryl methyl sites for hydroxylation is 1. The first-order valence-corrected chi connectivity index (χ1v) is 7.34. The second-order valence-corrected chi connectivity index (χ2v) is 5.81. The normalized spacial score (nSPS) is 32.2. The molecule has 1 saturated carbocycles. The molecule has 3 atom stereocenters. The summed E-state index contributed by atoms with van der Waals surface area (Å²) in [6, 6.07) is 3.47. The van der Waals surface area contributed by atoms with Crippen molar-refractivity contribution in [2.75, 3.05) is 6.54 Å². The number of furan rings is 1. The van der Waals surface area contributed by atoms with Crippen LogP contribution in [0.15, 0.2) is 16.7 Å². The van der Waals surface area contributed by atoms with Crippen LogP contribution in [0.3, 0.4) is 0 Å². The minimum atomic E-state index is 0.671. The first-order chi connectivity index (χ1) is 8.84. The summed E-state index contributed by atoms with van der Waals surface area (Å²) in [5.41, 5.74) is 1.26. The van der Waals surface area contributed by atoms with Crippen molar-refractivity contribution in [3.63, 3.8) is 0 Å². The van der Waals surface area contributed by atoms with Gasteiger partial charge in [0, 0.05) is 12.1 Å². The molecule has 2 heterocycles. The van der Waals surface area contributed by atoms with Crippen LogP contribution in [-0.2, 0) is 6.54 Å². The van der Waals surface area contributed by atoms with Crippen molar-refractivity contribution < 1.29 is 4.42 Å². The van der Waals surface area contributed by atoms with Gasteiger partial charge in [-0.3, -0.25) is 0 Å². The maximum atomic E-state index is 5.51. The van der Waals surface area contributed by atoms with Crippen molar-refractivity contribution in [2.24, 2.45) is 5.92 Å². The Bertz CT molecular complexity index is 382. The lowest BCUT2D eigenvalue weighted by Crippen LogP contribution is -2.41. The zero-order chi connectivity index (χ0) is 12.4. The molecule has 2 aliphatic rings. The standard InChI is InChI=1S/C15H24N2O/c1-11-7-9-18-15(11)10-17-14-5-2-4-12(14)13-6-3-8-16-13/h7,9,12-14,16-17H,2-6,8,10H2,1H3.